The fraction of sp³-hybridized carbons (Fsp3) is 0.143. The molecule has 0 saturated carbocycles. The minimum atomic E-state index is -0.0666. The van der Waals surface area contributed by atoms with Crippen LogP contribution in [0.5, 0.6) is 0 Å². The highest BCUT2D eigenvalue weighted by Crippen LogP contribution is 2.22. The number of benzene rings is 2. The van der Waals surface area contributed by atoms with Crippen LogP contribution in [0.1, 0.15) is 28.9 Å². The third kappa shape index (κ3) is 3.42. The van der Waals surface area contributed by atoms with Crippen LogP contribution in [0.15, 0.2) is 79.6 Å². The monoisotopic (exact) mass is 372 g/mol. The molecule has 140 valence electrons. The van der Waals surface area contributed by atoms with E-state index in [0.717, 1.165) is 16.9 Å². The zero-order valence-electron chi connectivity index (χ0n) is 15.7. The summed E-state index contributed by atoms with van der Waals surface area (Å²) in [5.41, 5.74) is 3.54. The summed E-state index contributed by atoms with van der Waals surface area (Å²) in [5, 5.41) is 8.33. The Morgan fingerprint density at radius 2 is 1.64 bits per heavy atom. The van der Waals surface area contributed by atoms with Crippen LogP contribution in [0, 0.1) is 0 Å². The topological polar surface area (TPSA) is 68.8 Å². The van der Waals surface area contributed by atoms with Gasteiger partial charge < -0.3 is 4.90 Å². The minimum absolute atomic E-state index is 0.0279. The highest BCUT2D eigenvalue weighted by Gasteiger charge is 2.19. The summed E-state index contributed by atoms with van der Waals surface area (Å²) in [6, 6.07) is 17.2. The third-order valence-corrected chi connectivity index (χ3v) is 4.84. The van der Waals surface area contributed by atoms with E-state index in [2.05, 4.69) is 15.2 Å². The molecule has 2 aromatic heterocycles. The molecule has 0 spiro atoms. The molecule has 0 aliphatic carbocycles. The van der Waals surface area contributed by atoms with E-state index in [1.807, 2.05) is 74.8 Å². The maximum absolute atomic E-state index is 12.9. The van der Waals surface area contributed by atoms with Crippen molar-refractivity contribution < 1.29 is 4.79 Å². The lowest BCUT2D eigenvalue weighted by Crippen LogP contribution is -2.29. The lowest BCUT2D eigenvalue weighted by molar-refractivity contribution is 0.0742. The van der Waals surface area contributed by atoms with E-state index in [1.54, 1.807) is 26.8 Å². The summed E-state index contributed by atoms with van der Waals surface area (Å²) in [4.78, 5) is 18.6. The molecule has 0 N–H and O–H groups in total. The Balaban J connectivity index is 1.48. The lowest BCUT2D eigenvalue weighted by atomic mass is 10.1. The second kappa shape index (κ2) is 7.48. The summed E-state index contributed by atoms with van der Waals surface area (Å²) in [5.74, 6) is -0.0279. The van der Waals surface area contributed by atoms with Gasteiger partial charge in [-0.3, -0.25) is 4.79 Å². The molecule has 1 amide bonds. The van der Waals surface area contributed by atoms with Gasteiger partial charge in [0.05, 0.1) is 17.4 Å². The highest BCUT2D eigenvalue weighted by atomic mass is 16.2. The number of amides is 1. The van der Waals surface area contributed by atoms with Crippen LogP contribution in [0.4, 0.5) is 0 Å². The largest absolute Gasteiger partial charge is 0.335 e. The van der Waals surface area contributed by atoms with Crippen LogP contribution in [0.25, 0.3) is 11.4 Å². The van der Waals surface area contributed by atoms with Gasteiger partial charge in [-0.2, -0.15) is 10.2 Å². The van der Waals surface area contributed by atoms with Gasteiger partial charge in [-0.05, 0) is 55.0 Å². The molecule has 7 nitrogen and oxygen atoms in total. The average Bonchev–Trinajstić information content (AvgIpc) is 3.47. The van der Waals surface area contributed by atoms with E-state index >= 15 is 0 Å². The average molecular weight is 372 g/mol. The highest BCUT2D eigenvalue weighted by molar-refractivity contribution is 5.94. The van der Waals surface area contributed by atoms with Crippen molar-refractivity contribution in [3.8, 4) is 11.4 Å². The number of rotatable bonds is 5. The Morgan fingerprint density at radius 3 is 2.25 bits per heavy atom. The Bertz CT molecular complexity index is 1040. The quantitative estimate of drug-likeness (QED) is 0.539. The van der Waals surface area contributed by atoms with E-state index < -0.39 is 0 Å². The number of aromatic nitrogens is 5. The smallest absolute Gasteiger partial charge is 0.254 e. The molecule has 1 atom stereocenters. The van der Waals surface area contributed by atoms with Crippen LogP contribution >= 0.6 is 0 Å². The normalized spacial score (nSPS) is 11.9. The molecule has 7 heteroatoms. The summed E-state index contributed by atoms with van der Waals surface area (Å²) in [6.45, 7) is 2.01. The van der Waals surface area contributed by atoms with Gasteiger partial charge in [-0.15, -0.1) is 0 Å². The van der Waals surface area contributed by atoms with E-state index in [4.69, 9.17) is 0 Å². The van der Waals surface area contributed by atoms with Crippen LogP contribution in [-0.2, 0) is 0 Å². The Kier molecular flexibility index (Phi) is 4.72. The zero-order valence-corrected chi connectivity index (χ0v) is 15.7. The van der Waals surface area contributed by atoms with Gasteiger partial charge in [0.2, 0.25) is 0 Å². The number of nitrogens with zero attached hydrogens (tertiary/aromatic N) is 6. The van der Waals surface area contributed by atoms with Crippen molar-refractivity contribution in [2.45, 2.75) is 13.0 Å². The first-order chi connectivity index (χ1) is 13.6. The summed E-state index contributed by atoms with van der Waals surface area (Å²) >= 11 is 0. The molecule has 0 aliphatic rings. The van der Waals surface area contributed by atoms with Crippen molar-refractivity contribution in [3.63, 3.8) is 0 Å². The fourth-order valence-corrected chi connectivity index (χ4v) is 3.03. The molecule has 28 heavy (non-hydrogen) atoms. The molecular weight excluding hydrogens is 352 g/mol. The number of hydrogen-bond donors (Lipinski definition) is 0. The van der Waals surface area contributed by atoms with E-state index in [0.29, 0.717) is 5.56 Å². The molecule has 0 bridgehead atoms. The number of carbonyl (C=O) groups is 1. The summed E-state index contributed by atoms with van der Waals surface area (Å²) in [7, 11) is 1.82. The van der Waals surface area contributed by atoms with Crippen molar-refractivity contribution in [2.24, 2.45) is 0 Å². The van der Waals surface area contributed by atoms with Crippen molar-refractivity contribution in [1.82, 2.24) is 29.4 Å². The van der Waals surface area contributed by atoms with Crippen molar-refractivity contribution >= 4 is 5.91 Å². The van der Waals surface area contributed by atoms with Crippen LogP contribution in [0.3, 0.4) is 0 Å². The van der Waals surface area contributed by atoms with Gasteiger partial charge in [-0.25, -0.2) is 14.3 Å². The van der Waals surface area contributed by atoms with Crippen LogP contribution < -0.4 is 0 Å². The molecule has 0 unspecified atom stereocenters. The van der Waals surface area contributed by atoms with Gasteiger partial charge in [-0.1, -0.05) is 12.1 Å². The predicted octanol–water partition coefficient (Wildman–Crippen LogP) is 3.29. The molecular formula is C21H20N6O. The molecule has 2 aromatic carbocycles. The molecule has 4 rings (SSSR count). The molecule has 0 fully saturated rings. The molecule has 0 aliphatic heterocycles. The lowest BCUT2D eigenvalue weighted by Gasteiger charge is -2.25. The maximum Gasteiger partial charge on any atom is 0.254 e. The fourth-order valence-electron chi connectivity index (χ4n) is 3.03. The second-order valence-electron chi connectivity index (χ2n) is 6.52. The van der Waals surface area contributed by atoms with E-state index in [1.165, 1.54) is 6.33 Å². The standard InChI is InChI=1S/C21H20N6O/c1-16(17-4-8-20(9-5-17)27-15-22-14-24-27)25(2)21(28)18-6-10-19(11-7-18)26-13-3-12-23-26/h3-16H,1-2H3/t16-/m1/s1. The first-order valence-corrected chi connectivity index (χ1v) is 8.95. The molecule has 0 saturated heterocycles. The number of hydrogen-bond acceptors (Lipinski definition) is 4. The van der Waals surface area contributed by atoms with Crippen LogP contribution in [-0.4, -0.2) is 42.4 Å². The van der Waals surface area contributed by atoms with Gasteiger partial charge in [0.15, 0.2) is 0 Å². The van der Waals surface area contributed by atoms with E-state index in [-0.39, 0.29) is 11.9 Å². The van der Waals surface area contributed by atoms with Gasteiger partial charge in [0, 0.05) is 25.0 Å². The van der Waals surface area contributed by atoms with Gasteiger partial charge in [0.1, 0.15) is 12.7 Å². The zero-order chi connectivity index (χ0) is 19.5. The first kappa shape index (κ1) is 17.7. The van der Waals surface area contributed by atoms with Crippen molar-refractivity contribution in [2.75, 3.05) is 7.05 Å². The Morgan fingerprint density at radius 1 is 0.964 bits per heavy atom. The Labute approximate surface area is 162 Å². The minimum Gasteiger partial charge on any atom is -0.335 e. The molecule has 0 radical (unpaired) electrons. The number of carbonyl (C=O) groups excluding carboxylic acids is 1. The predicted molar refractivity (Wildman–Crippen MR) is 105 cm³/mol. The van der Waals surface area contributed by atoms with Gasteiger partial charge in [0.25, 0.3) is 5.91 Å². The summed E-state index contributed by atoms with van der Waals surface area (Å²) < 4.78 is 3.46. The second-order valence-corrected chi connectivity index (χ2v) is 6.52. The Hall–Kier alpha value is -3.74. The van der Waals surface area contributed by atoms with Crippen LogP contribution in [0.2, 0.25) is 0 Å². The third-order valence-electron chi connectivity index (χ3n) is 4.84. The first-order valence-electron chi connectivity index (χ1n) is 8.95. The van der Waals surface area contributed by atoms with Gasteiger partial charge >= 0.3 is 0 Å². The SMILES string of the molecule is C[C@H](c1ccc(-n2cncn2)cc1)N(C)C(=O)c1ccc(-n2cccn2)cc1. The van der Waals surface area contributed by atoms with Crippen molar-refractivity contribution in [3.05, 3.63) is 90.8 Å². The molecule has 2 heterocycles. The van der Waals surface area contributed by atoms with E-state index in [9.17, 15) is 4.79 Å². The summed E-state index contributed by atoms with van der Waals surface area (Å²) in [6.07, 6.45) is 6.75. The van der Waals surface area contributed by atoms with Crippen molar-refractivity contribution in [1.29, 1.82) is 0 Å². The molecule has 4 aromatic rings. The maximum atomic E-state index is 12.9.